The highest BCUT2D eigenvalue weighted by molar-refractivity contribution is 5.84. The van der Waals surface area contributed by atoms with Crippen LogP contribution in [-0.4, -0.2) is 47.8 Å². The molecule has 1 aliphatic rings. The third-order valence-electron chi connectivity index (χ3n) is 3.28. The van der Waals surface area contributed by atoms with Crippen LogP contribution in [-0.2, 0) is 9.53 Å². The van der Waals surface area contributed by atoms with E-state index in [1.165, 1.54) is 12.8 Å². The maximum atomic E-state index is 12.1. The molecule has 0 aliphatic carbocycles. The lowest BCUT2D eigenvalue weighted by Crippen LogP contribution is -2.51. The average molecular weight is 243 g/mol. The fourth-order valence-corrected chi connectivity index (χ4v) is 2.11. The highest BCUT2D eigenvalue weighted by Crippen LogP contribution is 2.18. The van der Waals surface area contributed by atoms with E-state index >= 15 is 0 Å². The molecular weight excluding hydrogens is 218 g/mol. The van der Waals surface area contributed by atoms with Crippen LogP contribution in [0.5, 0.6) is 0 Å². The van der Waals surface area contributed by atoms with Crippen molar-refractivity contribution in [1.29, 1.82) is 0 Å². The Kier molecular flexibility index (Phi) is 5.92. The molecule has 0 aromatic carbocycles. The minimum Gasteiger partial charge on any atom is -0.380 e. The Balaban J connectivity index is 2.36. The molecule has 1 fully saturated rings. The number of unbranched alkanes of at least 4 members (excludes halogenated alkanes) is 3. The number of carbonyl (C=O) groups excluding carboxylic acids is 1. The fraction of sp³-hybridized carbons (Fsp3) is 0.923. The molecule has 1 atom stereocenters. The van der Waals surface area contributed by atoms with Crippen molar-refractivity contribution in [3.05, 3.63) is 0 Å². The normalized spacial score (nSPS) is 20.1. The number of nitrogens with zero attached hydrogens (tertiary/aromatic N) is 1. The minimum absolute atomic E-state index is 0.141. The smallest absolute Gasteiger partial charge is 0.254 e. The summed E-state index contributed by atoms with van der Waals surface area (Å²) in [5, 5.41) is 10.2. The first-order valence-electron chi connectivity index (χ1n) is 6.67. The molecule has 0 spiro atoms. The van der Waals surface area contributed by atoms with Gasteiger partial charge in [-0.3, -0.25) is 4.79 Å². The fourth-order valence-electron chi connectivity index (χ4n) is 2.11. The van der Waals surface area contributed by atoms with Crippen molar-refractivity contribution in [3.63, 3.8) is 0 Å². The Bertz CT molecular complexity index is 235. The van der Waals surface area contributed by atoms with Gasteiger partial charge >= 0.3 is 0 Å². The second-order valence-corrected chi connectivity index (χ2v) is 4.99. The third kappa shape index (κ3) is 4.64. The number of morpholine rings is 1. The van der Waals surface area contributed by atoms with Crippen molar-refractivity contribution in [1.82, 2.24) is 4.90 Å². The molecule has 4 heteroatoms. The van der Waals surface area contributed by atoms with Gasteiger partial charge in [0.2, 0.25) is 0 Å². The lowest BCUT2D eigenvalue weighted by atomic mass is 9.96. The van der Waals surface area contributed by atoms with Gasteiger partial charge in [-0.2, -0.15) is 0 Å². The number of ether oxygens (including phenoxy) is 1. The van der Waals surface area contributed by atoms with Crippen LogP contribution in [0.4, 0.5) is 0 Å². The van der Waals surface area contributed by atoms with Gasteiger partial charge in [0.1, 0.15) is 5.60 Å². The summed E-state index contributed by atoms with van der Waals surface area (Å²) < 4.78 is 5.20. The van der Waals surface area contributed by atoms with Crippen LogP contribution in [0, 0.1) is 0 Å². The first-order valence-corrected chi connectivity index (χ1v) is 6.67. The largest absolute Gasteiger partial charge is 0.380 e. The van der Waals surface area contributed by atoms with E-state index < -0.39 is 5.60 Å². The van der Waals surface area contributed by atoms with Crippen molar-refractivity contribution >= 4 is 5.91 Å². The van der Waals surface area contributed by atoms with Gasteiger partial charge < -0.3 is 14.7 Å². The predicted molar refractivity (Wildman–Crippen MR) is 66.8 cm³/mol. The standard InChI is InChI=1S/C13H25NO3/c1-3-4-5-6-7-13(2,16)12(15)14-8-10-17-11-9-14/h16H,3-11H2,1-2H3. The Labute approximate surface area is 104 Å². The van der Waals surface area contributed by atoms with E-state index in [-0.39, 0.29) is 5.91 Å². The zero-order chi connectivity index (χ0) is 12.7. The van der Waals surface area contributed by atoms with Crippen LogP contribution in [0.25, 0.3) is 0 Å². The minimum atomic E-state index is -1.20. The van der Waals surface area contributed by atoms with E-state index in [2.05, 4.69) is 6.92 Å². The third-order valence-corrected chi connectivity index (χ3v) is 3.28. The van der Waals surface area contributed by atoms with E-state index in [4.69, 9.17) is 4.74 Å². The zero-order valence-electron chi connectivity index (χ0n) is 11.1. The Morgan fingerprint density at radius 3 is 2.53 bits per heavy atom. The number of hydrogen-bond donors (Lipinski definition) is 1. The zero-order valence-corrected chi connectivity index (χ0v) is 11.1. The molecular formula is C13H25NO3. The Hall–Kier alpha value is -0.610. The van der Waals surface area contributed by atoms with Crippen LogP contribution < -0.4 is 0 Å². The Morgan fingerprint density at radius 2 is 1.94 bits per heavy atom. The molecule has 1 rings (SSSR count). The molecule has 1 aliphatic heterocycles. The summed E-state index contributed by atoms with van der Waals surface area (Å²) in [5.41, 5.74) is -1.20. The summed E-state index contributed by atoms with van der Waals surface area (Å²) in [6, 6.07) is 0. The molecule has 1 heterocycles. The SMILES string of the molecule is CCCCCCC(C)(O)C(=O)N1CCOCC1. The summed E-state index contributed by atoms with van der Waals surface area (Å²) in [6.45, 7) is 6.15. The van der Waals surface area contributed by atoms with E-state index in [1.54, 1.807) is 11.8 Å². The number of amides is 1. The van der Waals surface area contributed by atoms with Crippen molar-refractivity contribution in [3.8, 4) is 0 Å². The van der Waals surface area contributed by atoms with Crippen molar-refractivity contribution < 1.29 is 14.6 Å². The molecule has 0 radical (unpaired) electrons. The quantitative estimate of drug-likeness (QED) is 0.720. The maximum Gasteiger partial charge on any atom is 0.254 e. The molecule has 0 aromatic heterocycles. The van der Waals surface area contributed by atoms with Crippen molar-refractivity contribution in [2.75, 3.05) is 26.3 Å². The van der Waals surface area contributed by atoms with Crippen LogP contribution in [0.15, 0.2) is 0 Å². The van der Waals surface area contributed by atoms with E-state index in [9.17, 15) is 9.90 Å². The lowest BCUT2D eigenvalue weighted by Gasteiger charge is -2.33. The maximum absolute atomic E-state index is 12.1. The molecule has 1 amide bonds. The van der Waals surface area contributed by atoms with E-state index in [1.807, 2.05) is 0 Å². The highest BCUT2D eigenvalue weighted by atomic mass is 16.5. The van der Waals surface area contributed by atoms with E-state index in [0.29, 0.717) is 32.7 Å². The van der Waals surface area contributed by atoms with Crippen molar-refractivity contribution in [2.45, 2.75) is 51.6 Å². The lowest BCUT2D eigenvalue weighted by molar-refractivity contribution is -0.154. The number of hydrogen-bond acceptors (Lipinski definition) is 3. The summed E-state index contributed by atoms with van der Waals surface area (Å²) in [5.74, 6) is -0.141. The van der Waals surface area contributed by atoms with Crippen LogP contribution in [0.3, 0.4) is 0 Å². The van der Waals surface area contributed by atoms with Gasteiger partial charge in [0.25, 0.3) is 5.91 Å². The monoisotopic (exact) mass is 243 g/mol. The molecule has 1 saturated heterocycles. The number of rotatable bonds is 6. The van der Waals surface area contributed by atoms with Gasteiger partial charge in [0.15, 0.2) is 0 Å². The first kappa shape index (κ1) is 14.5. The molecule has 1 unspecified atom stereocenters. The van der Waals surface area contributed by atoms with Gasteiger partial charge in [-0.25, -0.2) is 0 Å². The molecule has 0 saturated carbocycles. The first-order chi connectivity index (χ1) is 8.08. The second kappa shape index (κ2) is 6.97. The van der Waals surface area contributed by atoms with Gasteiger partial charge in [0.05, 0.1) is 13.2 Å². The molecule has 1 N–H and O–H groups in total. The molecule has 100 valence electrons. The predicted octanol–water partition coefficient (Wildman–Crippen LogP) is 1.57. The van der Waals surface area contributed by atoms with Gasteiger partial charge in [-0.15, -0.1) is 0 Å². The van der Waals surface area contributed by atoms with Crippen LogP contribution in [0.1, 0.15) is 46.0 Å². The van der Waals surface area contributed by atoms with Crippen LogP contribution in [0.2, 0.25) is 0 Å². The molecule has 4 nitrogen and oxygen atoms in total. The Morgan fingerprint density at radius 1 is 1.29 bits per heavy atom. The number of carbonyl (C=O) groups is 1. The topological polar surface area (TPSA) is 49.8 Å². The van der Waals surface area contributed by atoms with Gasteiger partial charge in [-0.05, 0) is 13.3 Å². The summed E-state index contributed by atoms with van der Waals surface area (Å²) in [7, 11) is 0. The summed E-state index contributed by atoms with van der Waals surface area (Å²) in [4.78, 5) is 13.8. The molecule has 17 heavy (non-hydrogen) atoms. The van der Waals surface area contributed by atoms with Gasteiger partial charge in [-0.1, -0.05) is 32.6 Å². The molecule has 0 bridgehead atoms. The number of aliphatic hydroxyl groups is 1. The van der Waals surface area contributed by atoms with Gasteiger partial charge in [0, 0.05) is 13.1 Å². The van der Waals surface area contributed by atoms with E-state index in [0.717, 1.165) is 12.8 Å². The average Bonchev–Trinajstić information content (AvgIpc) is 2.35. The summed E-state index contributed by atoms with van der Waals surface area (Å²) in [6.07, 6.45) is 4.89. The van der Waals surface area contributed by atoms with Crippen molar-refractivity contribution in [2.24, 2.45) is 0 Å². The molecule has 0 aromatic rings. The second-order valence-electron chi connectivity index (χ2n) is 4.99. The highest BCUT2D eigenvalue weighted by Gasteiger charge is 2.34. The summed E-state index contributed by atoms with van der Waals surface area (Å²) >= 11 is 0. The van der Waals surface area contributed by atoms with Crippen LogP contribution >= 0.6 is 0 Å².